The number of urea groups is 1. The van der Waals surface area contributed by atoms with Crippen molar-refractivity contribution in [1.82, 2.24) is 9.80 Å². The van der Waals surface area contributed by atoms with Crippen LogP contribution in [0.2, 0.25) is 0 Å². The molecule has 0 aromatic heterocycles. The highest BCUT2D eigenvalue weighted by Gasteiger charge is 2.52. The molecule has 0 aliphatic carbocycles. The molecule has 2 fully saturated rings. The van der Waals surface area contributed by atoms with E-state index in [1.165, 1.54) is 7.11 Å². The molecule has 3 atom stereocenters. The maximum Gasteiger partial charge on any atom is 0.321 e. The van der Waals surface area contributed by atoms with E-state index in [0.717, 1.165) is 47.6 Å². The maximum atomic E-state index is 13.7. The zero-order chi connectivity index (χ0) is 24.8. The van der Waals surface area contributed by atoms with E-state index in [1.807, 2.05) is 65.2 Å². The molecular formula is C27H34N2O5S. The summed E-state index contributed by atoms with van der Waals surface area (Å²) in [5.41, 5.74) is 2.18. The normalized spacial score (nSPS) is 21.2. The third kappa shape index (κ3) is 5.86. The van der Waals surface area contributed by atoms with Gasteiger partial charge in [0.05, 0.1) is 33.4 Å². The molecule has 7 nitrogen and oxygen atoms in total. The number of rotatable bonds is 11. The van der Waals surface area contributed by atoms with Gasteiger partial charge >= 0.3 is 12.0 Å². The summed E-state index contributed by atoms with van der Waals surface area (Å²) in [6, 6.07) is 16.3. The van der Waals surface area contributed by atoms with Gasteiger partial charge in [-0.25, -0.2) is 4.79 Å². The van der Waals surface area contributed by atoms with Gasteiger partial charge in [-0.3, -0.25) is 4.79 Å². The van der Waals surface area contributed by atoms with E-state index in [4.69, 9.17) is 14.2 Å². The minimum absolute atomic E-state index is 0.0893. The quantitative estimate of drug-likeness (QED) is 0.254. The predicted octanol–water partition coefficient (Wildman–Crippen LogP) is 4.73. The fourth-order valence-electron chi connectivity index (χ4n) is 4.97. The van der Waals surface area contributed by atoms with Gasteiger partial charge in [-0.05, 0) is 48.2 Å². The Bertz CT molecular complexity index is 998. The molecule has 2 heterocycles. The van der Waals surface area contributed by atoms with Crippen LogP contribution in [-0.2, 0) is 22.6 Å². The lowest BCUT2D eigenvalue weighted by atomic mass is 10.0. The summed E-state index contributed by atoms with van der Waals surface area (Å²) in [6.45, 7) is 1.15. The first-order chi connectivity index (χ1) is 17.0. The number of methoxy groups -OCH3 is 3. The third-order valence-corrected chi connectivity index (χ3v) is 8.36. The van der Waals surface area contributed by atoms with Crippen LogP contribution in [-0.4, -0.2) is 66.2 Å². The van der Waals surface area contributed by atoms with E-state index >= 15 is 0 Å². The van der Waals surface area contributed by atoms with E-state index < -0.39 is 0 Å². The zero-order valence-electron chi connectivity index (χ0n) is 20.6. The summed E-state index contributed by atoms with van der Waals surface area (Å²) in [5.74, 6) is 2.38. The molecule has 2 unspecified atom stereocenters. The van der Waals surface area contributed by atoms with Crippen molar-refractivity contribution in [2.24, 2.45) is 0 Å². The molecule has 2 aliphatic heterocycles. The van der Waals surface area contributed by atoms with E-state index in [-0.39, 0.29) is 24.1 Å². The Kier molecular flexibility index (Phi) is 8.44. The number of thioether (sulfide) groups is 1. The lowest BCUT2D eigenvalue weighted by Crippen LogP contribution is -2.40. The molecule has 0 saturated carbocycles. The Morgan fingerprint density at radius 1 is 0.886 bits per heavy atom. The van der Waals surface area contributed by atoms with E-state index in [0.29, 0.717) is 24.8 Å². The fourth-order valence-corrected chi connectivity index (χ4v) is 6.65. The first kappa shape index (κ1) is 25.2. The highest BCUT2D eigenvalue weighted by molar-refractivity contribution is 8.00. The Hall–Kier alpha value is -2.87. The van der Waals surface area contributed by atoms with Crippen LogP contribution >= 0.6 is 11.8 Å². The van der Waals surface area contributed by atoms with Crippen LogP contribution < -0.4 is 9.47 Å². The number of nitrogens with zero attached hydrogens (tertiary/aromatic N) is 2. The lowest BCUT2D eigenvalue weighted by molar-refractivity contribution is -0.140. The third-order valence-electron chi connectivity index (χ3n) is 6.88. The van der Waals surface area contributed by atoms with Crippen molar-refractivity contribution >= 4 is 23.8 Å². The summed E-state index contributed by atoms with van der Waals surface area (Å²) in [7, 11) is 4.74. The lowest BCUT2D eigenvalue weighted by Gasteiger charge is -2.27. The van der Waals surface area contributed by atoms with Gasteiger partial charge in [0.15, 0.2) is 0 Å². The summed E-state index contributed by atoms with van der Waals surface area (Å²) < 4.78 is 15.3. The molecule has 4 rings (SSSR count). The van der Waals surface area contributed by atoms with Gasteiger partial charge in [0, 0.05) is 30.5 Å². The first-order valence-corrected chi connectivity index (χ1v) is 13.1. The number of carbonyl (C=O) groups is 2. The number of benzene rings is 2. The highest BCUT2D eigenvalue weighted by atomic mass is 32.2. The monoisotopic (exact) mass is 498 g/mol. The average molecular weight is 499 g/mol. The number of amides is 2. The summed E-state index contributed by atoms with van der Waals surface area (Å²) in [4.78, 5) is 29.3. The van der Waals surface area contributed by atoms with Crippen molar-refractivity contribution < 1.29 is 23.8 Å². The van der Waals surface area contributed by atoms with Crippen molar-refractivity contribution in [3.05, 3.63) is 59.7 Å². The van der Waals surface area contributed by atoms with Crippen LogP contribution in [0.5, 0.6) is 11.5 Å². The number of esters is 1. The molecule has 8 heteroatoms. The molecule has 2 aliphatic rings. The molecule has 188 valence electrons. The predicted molar refractivity (Wildman–Crippen MR) is 137 cm³/mol. The van der Waals surface area contributed by atoms with Gasteiger partial charge in [-0.1, -0.05) is 30.7 Å². The molecule has 0 spiro atoms. The fraction of sp³-hybridized carbons (Fsp3) is 0.481. The SMILES string of the molecule is COC(=O)CCCC[C@@H]1SCC2C1N(Cc1ccc(OC)cc1)C(=O)N2Cc1ccc(OC)cc1. The zero-order valence-corrected chi connectivity index (χ0v) is 21.5. The Labute approximate surface area is 211 Å². The van der Waals surface area contributed by atoms with Crippen LogP contribution in [0.1, 0.15) is 36.8 Å². The number of unbranched alkanes of at least 4 members (excludes halogenated alkanes) is 1. The van der Waals surface area contributed by atoms with Gasteiger partial charge in [0.25, 0.3) is 0 Å². The second-order valence-corrected chi connectivity index (χ2v) is 10.3. The first-order valence-electron chi connectivity index (χ1n) is 12.1. The van der Waals surface area contributed by atoms with E-state index in [1.54, 1.807) is 14.2 Å². The van der Waals surface area contributed by atoms with Crippen LogP contribution in [0.3, 0.4) is 0 Å². The molecule has 35 heavy (non-hydrogen) atoms. The highest BCUT2D eigenvalue weighted by Crippen LogP contribution is 2.43. The summed E-state index contributed by atoms with van der Waals surface area (Å²) in [6.07, 6.45) is 3.17. The van der Waals surface area contributed by atoms with Crippen molar-refractivity contribution in [2.45, 2.75) is 56.1 Å². The topological polar surface area (TPSA) is 68.3 Å². The number of hydrogen-bond donors (Lipinski definition) is 0. The van der Waals surface area contributed by atoms with Crippen LogP contribution in [0.15, 0.2) is 48.5 Å². The largest absolute Gasteiger partial charge is 0.497 e. The molecule has 2 amide bonds. The standard InChI is InChI=1S/C27H34N2O5S/c1-32-21-12-8-19(9-13-21)16-28-23-18-35-24(6-4-5-7-25(30)34-3)26(23)29(27(28)31)17-20-10-14-22(33-2)15-11-20/h8-15,23-24,26H,4-7,16-18H2,1-3H3/t23?,24-,26?/m0/s1. The smallest absolute Gasteiger partial charge is 0.321 e. The van der Waals surface area contributed by atoms with Crippen LogP contribution in [0.25, 0.3) is 0 Å². The summed E-state index contributed by atoms with van der Waals surface area (Å²) >= 11 is 1.95. The van der Waals surface area contributed by atoms with Gasteiger partial charge < -0.3 is 24.0 Å². The molecule has 0 radical (unpaired) electrons. The van der Waals surface area contributed by atoms with Crippen LogP contribution in [0.4, 0.5) is 4.79 Å². The number of hydrogen-bond acceptors (Lipinski definition) is 6. The minimum Gasteiger partial charge on any atom is -0.497 e. The van der Waals surface area contributed by atoms with Gasteiger partial charge in [0.2, 0.25) is 0 Å². The van der Waals surface area contributed by atoms with Crippen molar-refractivity contribution in [3.8, 4) is 11.5 Å². The van der Waals surface area contributed by atoms with Crippen LogP contribution in [0, 0.1) is 0 Å². The van der Waals surface area contributed by atoms with E-state index in [9.17, 15) is 9.59 Å². The number of fused-ring (bicyclic) bond motifs is 1. The number of ether oxygens (including phenoxy) is 3. The molecule has 2 saturated heterocycles. The summed E-state index contributed by atoms with van der Waals surface area (Å²) in [5, 5.41) is 0.348. The van der Waals surface area contributed by atoms with Gasteiger partial charge in [0.1, 0.15) is 11.5 Å². The van der Waals surface area contributed by atoms with Crippen molar-refractivity contribution in [2.75, 3.05) is 27.1 Å². The maximum absolute atomic E-state index is 13.7. The van der Waals surface area contributed by atoms with Crippen molar-refractivity contribution in [1.29, 1.82) is 0 Å². The average Bonchev–Trinajstić information content (AvgIpc) is 3.41. The second kappa shape index (κ2) is 11.7. The van der Waals surface area contributed by atoms with Gasteiger partial charge in [-0.2, -0.15) is 11.8 Å². The molecule has 0 bridgehead atoms. The molecular weight excluding hydrogens is 464 g/mol. The number of carbonyl (C=O) groups excluding carboxylic acids is 2. The Balaban J connectivity index is 1.50. The molecule has 2 aromatic carbocycles. The van der Waals surface area contributed by atoms with Gasteiger partial charge in [-0.15, -0.1) is 0 Å². The minimum atomic E-state index is -0.162. The Morgan fingerprint density at radius 2 is 1.46 bits per heavy atom. The second-order valence-electron chi connectivity index (χ2n) is 8.99. The molecule has 2 aromatic rings. The Morgan fingerprint density at radius 3 is 2.00 bits per heavy atom. The molecule has 0 N–H and O–H groups in total. The van der Waals surface area contributed by atoms with Crippen molar-refractivity contribution in [3.63, 3.8) is 0 Å². The van der Waals surface area contributed by atoms with E-state index in [2.05, 4.69) is 4.90 Å².